The third kappa shape index (κ3) is 2.17. The second kappa shape index (κ2) is 5.14. The van der Waals surface area contributed by atoms with E-state index >= 15 is 0 Å². The van der Waals surface area contributed by atoms with Crippen molar-refractivity contribution in [2.45, 2.75) is 30.6 Å². The lowest BCUT2D eigenvalue weighted by atomic mass is 10.1. The Labute approximate surface area is 111 Å². The van der Waals surface area contributed by atoms with Gasteiger partial charge >= 0.3 is 0 Å². The van der Waals surface area contributed by atoms with Crippen LogP contribution in [0.3, 0.4) is 0 Å². The highest BCUT2D eigenvalue weighted by atomic mass is 32.2. The van der Waals surface area contributed by atoms with E-state index in [1.165, 1.54) is 24.6 Å². The van der Waals surface area contributed by atoms with Gasteiger partial charge in [-0.3, -0.25) is 0 Å². The van der Waals surface area contributed by atoms with E-state index in [0.717, 1.165) is 11.2 Å². The van der Waals surface area contributed by atoms with Gasteiger partial charge in [-0.1, -0.05) is 30.7 Å². The van der Waals surface area contributed by atoms with Gasteiger partial charge in [-0.25, -0.2) is 0 Å². The summed E-state index contributed by atoms with van der Waals surface area (Å²) in [6, 6.07) is 8.80. The molecule has 1 heterocycles. The van der Waals surface area contributed by atoms with Crippen LogP contribution >= 0.6 is 11.8 Å². The minimum atomic E-state index is 0.528. The molecule has 1 aromatic carbocycles. The van der Waals surface area contributed by atoms with Gasteiger partial charge in [0.1, 0.15) is 0 Å². The van der Waals surface area contributed by atoms with Crippen LogP contribution in [0.15, 0.2) is 30.5 Å². The maximum Gasteiger partial charge on any atom is 0.156 e. The Bertz CT molecular complexity index is 538. The molecule has 18 heavy (non-hydrogen) atoms. The molecule has 0 radical (unpaired) electrons. The Hall–Kier alpha value is -1.29. The molecule has 3 nitrogen and oxygen atoms in total. The van der Waals surface area contributed by atoms with Crippen LogP contribution in [0.25, 0.3) is 10.8 Å². The van der Waals surface area contributed by atoms with Crippen LogP contribution in [0.5, 0.6) is 0 Å². The van der Waals surface area contributed by atoms with Crippen molar-refractivity contribution in [2.24, 2.45) is 0 Å². The number of anilines is 1. The first-order valence-corrected chi connectivity index (χ1v) is 7.67. The van der Waals surface area contributed by atoms with Crippen LogP contribution in [0.1, 0.15) is 19.3 Å². The molecule has 2 atom stereocenters. The highest BCUT2D eigenvalue weighted by Crippen LogP contribution is 2.31. The van der Waals surface area contributed by atoms with Gasteiger partial charge < -0.3 is 5.32 Å². The molecule has 1 N–H and O–H groups in total. The Balaban J connectivity index is 1.90. The maximum absolute atomic E-state index is 4.27. The molecule has 3 rings (SSSR count). The van der Waals surface area contributed by atoms with E-state index in [1.807, 2.05) is 24.0 Å². The molecule has 2 aromatic rings. The number of nitrogens with zero attached hydrogens (tertiary/aromatic N) is 2. The fraction of sp³-hybridized carbons (Fsp3) is 0.429. The molecule has 0 saturated heterocycles. The number of aromatic nitrogens is 2. The Morgan fingerprint density at radius 3 is 3.06 bits per heavy atom. The molecule has 1 saturated carbocycles. The number of hydrogen-bond donors (Lipinski definition) is 1. The number of hydrogen-bond acceptors (Lipinski definition) is 4. The molecule has 0 aliphatic heterocycles. The van der Waals surface area contributed by atoms with Gasteiger partial charge in [-0.15, -0.1) is 5.10 Å². The van der Waals surface area contributed by atoms with Gasteiger partial charge in [0.15, 0.2) is 5.82 Å². The van der Waals surface area contributed by atoms with Crippen LogP contribution < -0.4 is 5.32 Å². The first-order valence-electron chi connectivity index (χ1n) is 6.38. The first kappa shape index (κ1) is 11.8. The van der Waals surface area contributed by atoms with Crippen molar-refractivity contribution in [1.29, 1.82) is 0 Å². The fourth-order valence-corrected chi connectivity index (χ4v) is 3.62. The van der Waals surface area contributed by atoms with Crippen LogP contribution in [-0.4, -0.2) is 27.7 Å². The third-order valence-corrected chi connectivity index (χ3v) is 4.82. The predicted octanol–water partition coefficient (Wildman–Crippen LogP) is 3.33. The van der Waals surface area contributed by atoms with E-state index < -0.39 is 0 Å². The van der Waals surface area contributed by atoms with Crippen molar-refractivity contribution in [3.05, 3.63) is 30.5 Å². The van der Waals surface area contributed by atoms with E-state index in [0.29, 0.717) is 11.3 Å². The maximum atomic E-state index is 4.27. The molecule has 2 unspecified atom stereocenters. The Kier molecular flexibility index (Phi) is 3.37. The van der Waals surface area contributed by atoms with Gasteiger partial charge in [0, 0.05) is 22.1 Å². The number of thioether (sulfide) groups is 1. The predicted molar refractivity (Wildman–Crippen MR) is 78.1 cm³/mol. The summed E-state index contributed by atoms with van der Waals surface area (Å²) in [6.45, 7) is 0. The number of fused-ring (bicyclic) bond motifs is 1. The van der Waals surface area contributed by atoms with Crippen LogP contribution in [0.2, 0.25) is 0 Å². The summed E-state index contributed by atoms with van der Waals surface area (Å²) in [5.74, 6) is 0.930. The molecule has 0 bridgehead atoms. The zero-order valence-electron chi connectivity index (χ0n) is 10.5. The Morgan fingerprint density at radius 2 is 2.17 bits per heavy atom. The topological polar surface area (TPSA) is 37.8 Å². The number of nitrogens with one attached hydrogen (secondary N) is 1. The van der Waals surface area contributed by atoms with Gasteiger partial charge in [-0.05, 0) is 19.1 Å². The van der Waals surface area contributed by atoms with Crippen molar-refractivity contribution in [3.8, 4) is 0 Å². The van der Waals surface area contributed by atoms with E-state index in [4.69, 9.17) is 0 Å². The van der Waals surface area contributed by atoms with Crippen molar-refractivity contribution in [2.75, 3.05) is 11.6 Å². The Morgan fingerprint density at radius 1 is 1.28 bits per heavy atom. The summed E-state index contributed by atoms with van der Waals surface area (Å²) in [7, 11) is 0. The summed E-state index contributed by atoms with van der Waals surface area (Å²) in [6.07, 6.45) is 7.86. The SMILES string of the molecule is CSC1CCCC1Nc1nncc2ccccc12. The highest BCUT2D eigenvalue weighted by molar-refractivity contribution is 7.99. The van der Waals surface area contributed by atoms with E-state index in [2.05, 4.69) is 40.0 Å². The van der Waals surface area contributed by atoms with Crippen molar-refractivity contribution in [3.63, 3.8) is 0 Å². The number of benzene rings is 1. The zero-order chi connectivity index (χ0) is 12.4. The smallest absolute Gasteiger partial charge is 0.156 e. The molecular formula is C14H17N3S. The van der Waals surface area contributed by atoms with Crippen LogP contribution in [-0.2, 0) is 0 Å². The van der Waals surface area contributed by atoms with Gasteiger partial charge in [0.25, 0.3) is 0 Å². The van der Waals surface area contributed by atoms with Crippen molar-refractivity contribution >= 4 is 28.4 Å². The monoisotopic (exact) mass is 259 g/mol. The lowest BCUT2D eigenvalue weighted by molar-refractivity contribution is 0.761. The fourth-order valence-electron chi connectivity index (χ4n) is 2.68. The third-order valence-electron chi connectivity index (χ3n) is 3.65. The van der Waals surface area contributed by atoms with Gasteiger partial charge in [-0.2, -0.15) is 16.9 Å². The van der Waals surface area contributed by atoms with Crippen LogP contribution in [0, 0.1) is 0 Å². The molecule has 1 aliphatic carbocycles. The van der Waals surface area contributed by atoms with Crippen LogP contribution in [0.4, 0.5) is 5.82 Å². The average molecular weight is 259 g/mol. The first-order chi connectivity index (χ1) is 8.88. The van der Waals surface area contributed by atoms with Gasteiger partial charge in [0.2, 0.25) is 0 Å². The molecule has 4 heteroatoms. The molecule has 1 fully saturated rings. The lowest BCUT2D eigenvalue weighted by Gasteiger charge is -2.20. The minimum absolute atomic E-state index is 0.528. The van der Waals surface area contributed by atoms with Gasteiger partial charge in [0.05, 0.1) is 6.20 Å². The number of rotatable bonds is 3. The quantitative estimate of drug-likeness (QED) is 0.917. The van der Waals surface area contributed by atoms with E-state index in [-0.39, 0.29) is 0 Å². The standard InChI is InChI=1S/C14H17N3S/c1-18-13-8-4-7-12(13)16-14-11-6-3-2-5-10(11)9-15-17-14/h2-3,5-6,9,12-13H,4,7-8H2,1H3,(H,16,17). The zero-order valence-corrected chi connectivity index (χ0v) is 11.3. The molecule has 94 valence electrons. The molecule has 0 spiro atoms. The summed E-state index contributed by atoms with van der Waals surface area (Å²) < 4.78 is 0. The summed E-state index contributed by atoms with van der Waals surface area (Å²) in [5.41, 5.74) is 0. The normalized spacial score (nSPS) is 23.4. The minimum Gasteiger partial charge on any atom is -0.364 e. The second-order valence-electron chi connectivity index (χ2n) is 4.74. The van der Waals surface area contributed by atoms with Crippen molar-refractivity contribution in [1.82, 2.24) is 10.2 Å². The van der Waals surface area contributed by atoms with E-state index in [9.17, 15) is 0 Å². The summed E-state index contributed by atoms with van der Waals surface area (Å²) in [5, 5.41) is 15.0. The van der Waals surface area contributed by atoms with E-state index in [1.54, 1.807) is 0 Å². The second-order valence-corrected chi connectivity index (χ2v) is 5.81. The molecule has 1 aliphatic rings. The largest absolute Gasteiger partial charge is 0.364 e. The van der Waals surface area contributed by atoms with Crippen molar-refractivity contribution < 1.29 is 0 Å². The summed E-state index contributed by atoms with van der Waals surface area (Å²) >= 11 is 1.95. The molecule has 0 amide bonds. The average Bonchev–Trinajstić information content (AvgIpc) is 2.86. The molecular weight excluding hydrogens is 242 g/mol. The summed E-state index contributed by atoms with van der Waals surface area (Å²) in [4.78, 5) is 0. The molecule has 1 aromatic heterocycles. The lowest BCUT2D eigenvalue weighted by Crippen LogP contribution is -2.26. The highest BCUT2D eigenvalue weighted by Gasteiger charge is 2.26.